The number of hydrogen-bond donors (Lipinski definition) is 2. The van der Waals surface area contributed by atoms with Crippen molar-refractivity contribution in [3.63, 3.8) is 0 Å². The van der Waals surface area contributed by atoms with Gasteiger partial charge >= 0.3 is 6.03 Å². The van der Waals surface area contributed by atoms with Crippen LogP contribution in [0.3, 0.4) is 0 Å². The molecule has 2 aromatic heterocycles. The van der Waals surface area contributed by atoms with Gasteiger partial charge in [0.05, 0.1) is 19.3 Å². The third-order valence-corrected chi connectivity index (χ3v) is 7.62. The van der Waals surface area contributed by atoms with Crippen LogP contribution in [0.5, 0.6) is 0 Å². The first-order chi connectivity index (χ1) is 19.2. The summed E-state index contributed by atoms with van der Waals surface area (Å²) in [4.78, 5) is 29.0. The second-order valence-corrected chi connectivity index (χ2v) is 11.8. The van der Waals surface area contributed by atoms with Crippen LogP contribution < -0.4 is 15.5 Å². The number of likely N-dealkylation sites (N-methyl/N-ethyl adjacent to an activating group) is 1. The summed E-state index contributed by atoms with van der Waals surface area (Å²) in [6, 6.07) is 7.64. The zero-order valence-electron chi connectivity index (χ0n) is 24.4. The number of benzene rings is 1. The van der Waals surface area contributed by atoms with Gasteiger partial charge in [0, 0.05) is 56.1 Å². The summed E-state index contributed by atoms with van der Waals surface area (Å²) in [5.74, 6) is 1.41. The van der Waals surface area contributed by atoms with E-state index in [1.807, 2.05) is 47.9 Å². The van der Waals surface area contributed by atoms with E-state index < -0.39 is 0 Å². The van der Waals surface area contributed by atoms with E-state index in [0.29, 0.717) is 31.3 Å². The van der Waals surface area contributed by atoms with E-state index in [9.17, 15) is 4.79 Å². The molecular weight excluding hydrogens is 508 g/mol. The molecule has 2 amide bonds. The number of aromatic nitrogens is 5. The zero-order chi connectivity index (χ0) is 28.3. The summed E-state index contributed by atoms with van der Waals surface area (Å²) in [5.41, 5.74) is 3.23. The number of ether oxygens (including phenoxy) is 1. The van der Waals surface area contributed by atoms with Crippen LogP contribution in [-0.2, 0) is 4.74 Å². The second kappa shape index (κ2) is 12.0. The van der Waals surface area contributed by atoms with E-state index in [2.05, 4.69) is 51.5 Å². The standard InChI is InChI=1S/C28H42N10O2/c1-28(2,3)37-13-10-22(11-14-37)38-26-23(33-34-38)25(36-16-18-40-19-17-36)31-24(32-26)20-6-8-21(9-7-20)30-27(39)29-12-15-35(4)5/h6-9,22H,10-19H2,1-5H3,(H2,29,30,39). The van der Waals surface area contributed by atoms with E-state index in [1.165, 1.54) is 0 Å². The summed E-state index contributed by atoms with van der Waals surface area (Å²) in [6.45, 7) is 13.0. The number of rotatable bonds is 7. The van der Waals surface area contributed by atoms with Crippen molar-refractivity contribution in [1.29, 1.82) is 0 Å². The molecule has 0 bridgehead atoms. The van der Waals surface area contributed by atoms with Crippen molar-refractivity contribution < 1.29 is 9.53 Å². The summed E-state index contributed by atoms with van der Waals surface area (Å²) < 4.78 is 7.61. The quantitative estimate of drug-likeness (QED) is 0.458. The number of carbonyl (C=O) groups is 1. The average Bonchev–Trinajstić information content (AvgIpc) is 3.37. The van der Waals surface area contributed by atoms with Crippen molar-refractivity contribution in [2.45, 2.75) is 45.2 Å². The first-order valence-corrected chi connectivity index (χ1v) is 14.2. The number of morpholine rings is 1. The minimum atomic E-state index is -0.227. The fraction of sp³-hybridized carbons (Fsp3) is 0.607. The SMILES string of the molecule is CN(C)CCNC(=O)Nc1ccc(-c2nc(N3CCOCC3)c3nnn(C4CCN(C(C)(C)C)CC4)c3n2)cc1. The van der Waals surface area contributed by atoms with Crippen molar-refractivity contribution in [3.05, 3.63) is 24.3 Å². The van der Waals surface area contributed by atoms with Crippen LogP contribution in [0.15, 0.2) is 24.3 Å². The highest BCUT2D eigenvalue weighted by atomic mass is 16.5. The Kier molecular flexibility index (Phi) is 8.48. The molecule has 1 aromatic carbocycles. The molecule has 2 aliphatic heterocycles. The van der Waals surface area contributed by atoms with Gasteiger partial charge in [-0.25, -0.2) is 19.4 Å². The van der Waals surface area contributed by atoms with Crippen molar-refractivity contribution in [3.8, 4) is 11.4 Å². The topological polar surface area (TPSA) is 117 Å². The van der Waals surface area contributed by atoms with Gasteiger partial charge < -0.3 is 25.2 Å². The van der Waals surface area contributed by atoms with E-state index in [4.69, 9.17) is 14.7 Å². The molecule has 5 rings (SSSR count). The molecule has 40 heavy (non-hydrogen) atoms. The highest BCUT2D eigenvalue weighted by Gasteiger charge is 2.30. The van der Waals surface area contributed by atoms with Crippen LogP contribution in [0.2, 0.25) is 0 Å². The first-order valence-electron chi connectivity index (χ1n) is 14.2. The Morgan fingerprint density at radius 2 is 1.75 bits per heavy atom. The minimum Gasteiger partial charge on any atom is -0.378 e. The fourth-order valence-electron chi connectivity index (χ4n) is 5.24. The van der Waals surface area contributed by atoms with Gasteiger partial charge in [-0.1, -0.05) is 5.21 Å². The van der Waals surface area contributed by atoms with Gasteiger partial charge in [0.1, 0.15) is 0 Å². The van der Waals surface area contributed by atoms with Crippen LogP contribution in [0.4, 0.5) is 16.3 Å². The summed E-state index contributed by atoms with van der Waals surface area (Å²) >= 11 is 0. The van der Waals surface area contributed by atoms with Crippen LogP contribution in [0, 0.1) is 0 Å². The molecule has 0 spiro atoms. The number of anilines is 2. The molecule has 12 nitrogen and oxygen atoms in total. The Bertz CT molecular complexity index is 1290. The number of carbonyl (C=O) groups excluding carboxylic acids is 1. The van der Waals surface area contributed by atoms with E-state index in [-0.39, 0.29) is 17.6 Å². The number of nitrogens with zero attached hydrogens (tertiary/aromatic N) is 8. The van der Waals surface area contributed by atoms with Crippen molar-refractivity contribution >= 4 is 28.7 Å². The van der Waals surface area contributed by atoms with Crippen molar-refractivity contribution in [2.75, 3.05) is 76.8 Å². The number of urea groups is 1. The number of amides is 2. The average molecular weight is 551 g/mol. The molecule has 216 valence electrons. The summed E-state index contributed by atoms with van der Waals surface area (Å²) in [5, 5.41) is 15.0. The highest BCUT2D eigenvalue weighted by Crippen LogP contribution is 2.32. The molecule has 12 heteroatoms. The molecule has 0 unspecified atom stereocenters. The van der Waals surface area contributed by atoms with Gasteiger partial charge in [-0.3, -0.25) is 4.90 Å². The Morgan fingerprint density at radius 3 is 2.40 bits per heavy atom. The van der Waals surface area contributed by atoms with Gasteiger partial charge in [-0.15, -0.1) is 5.10 Å². The molecule has 0 radical (unpaired) electrons. The number of hydrogen-bond acceptors (Lipinski definition) is 9. The Morgan fingerprint density at radius 1 is 1.05 bits per heavy atom. The number of piperidine rings is 1. The molecule has 3 aromatic rings. The molecular formula is C28H42N10O2. The van der Waals surface area contributed by atoms with Crippen LogP contribution in [0.1, 0.15) is 39.7 Å². The van der Waals surface area contributed by atoms with E-state index >= 15 is 0 Å². The minimum absolute atomic E-state index is 0.155. The number of fused-ring (bicyclic) bond motifs is 1. The number of likely N-dealkylation sites (tertiary alicyclic amines) is 1. The molecule has 2 saturated heterocycles. The van der Waals surface area contributed by atoms with Gasteiger partial charge in [-0.2, -0.15) is 0 Å². The van der Waals surface area contributed by atoms with Gasteiger partial charge in [0.15, 0.2) is 22.8 Å². The normalized spacial score (nSPS) is 17.5. The molecule has 2 aliphatic rings. The van der Waals surface area contributed by atoms with E-state index in [0.717, 1.165) is 68.1 Å². The molecule has 2 N–H and O–H groups in total. The van der Waals surface area contributed by atoms with Crippen LogP contribution >= 0.6 is 0 Å². The maximum atomic E-state index is 12.2. The third kappa shape index (κ3) is 6.51. The molecule has 2 fully saturated rings. The number of nitrogens with one attached hydrogen (secondary N) is 2. The lowest BCUT2D eigenvalue weighted by molar-refractivity contribution is 0.0875. The van der Waals surface area contributed by atoms with Gasteiger partial charge in [0.25, 0.3) is 0 Å². The molecule has 0 aliphatic carbocycles. The Hall–Kier alpha value is -3.35. The van der Waals surface area contributed by atoms with Crippen molar-refractivity contribution in [2.24, 2.45) is 0 Å². The van der Waals surface area contributed by atoms with Crippen LogP contribution in [0.25, 0.3) is 22.6 Å². The summed E-state index contributed by atoms with van der Waals surface area (Å²) in [7, 11) is 3.95. The van der Waals surface area contributed by atoms with Crippen LogP contribution in [-0.4, -0.2) is 113 Å². The predicted octanol–water partition coefficient (Wildman–Crippen LogP) is 2.84. The van der Waals surface area contributed by atoms with Gasteiger partial charge in [0.2, 0.25) is 0 Å². The lowest BCUT2D eigenvalue weighted by Gasteiger charge is -2.40. The molecule has 0 atom stereocenters. The lowest BCUT2D eigenvalue weighted by atomic mass is 9.98. The Balaban J connectivity index is 1.41. The second-order valence-electron chi connectivity index (χ2n) is 11.8. The smallest absolute Gasteiger partial charge is 0.319 e. The van der Waals surface area contributed by atoms with Crippen molar-refractivity contribution in [1.82, 2.24) is 40.1 Å². The monoisotopic (exact) mass is 550 g/mol. The summed E-state index contributed by atoms with van der Waals surface area (Å²) in [6.07, 6.45) is 2.00. The third-order valence-electron chi connectivity index (χ3n) is 7.62. The highest BCUT2D eigenvalue weighted by molar-refractivity contribution is 5.89. The zero-order valence-corrected chi connectivity index (χ0v) is 24.4. The largest absolute Gasteiger partial charge is 0.378 e. The molecule has 0 saturated carbocycles. The predicted molar refractivity (Wildman–Crippen MR) is 157 cm³/mol. The maximum absolute atomic E-state index is 12.2. The lowest BCUT2D eigenvalue weighted by Crippen LogP contribution is -2.46. The van der Waals surface area contributed by atoms with Gasteiger partial charge in [-0.05, 0) is 72.0 Å². The molecule has 4 heterocycles. The maximum Gasteiger partial charge on any atom is 0.319 e. The van der Waals surface area contributed by atoms with E-state index in [1.54, 1.807) is 0 Å². The first kappa shape index (κ1) is 28.2. The fourth-order valence-corrected chi connectivity index (χ4v) is 5.24. The Labute approximate surface area is 236 Å².